The summed E-state index contributed by atoms with van der Waals surface area (Å²) in [6.45, 7) is 5.90. The predicted molar refractivity (Wildman–Crippen MR) is 114 cm³/mol. The van der Waals surface area contributed by atoms with Crippen LogP contribution in [0.25, 0.3) is 0 Å². The largest absolute Gasteiger partial charge is 0.312 e. The summed E-state index contributed by atoms with van der Waals surface area (Å²) < 4.78 is 4.59. The third-order valence-electron chi connectivity index (χ3n) is 5.03. The van der Waals surface area contributed by atoms with Crippen LogP contribution in [0.3, 0.4) is 0 Å². The summed E-state index contributed by atoms with van der Waals surface area (Å²) in [5, 5.41) is 26.5. The third-order valence-corrected chi connectivity index (χ3v) is 5.03. The van der Waals surface area contributed by atoms with E-state index < -0.39 is 10.8 Å². The fourth-order valence-electron chi connectivity index (χ4n) is 3.34. The Balaban J connectivity index is 1.42. The highest BCUT2D eigenvalue weighted by Crippen LogP contribution is 2.21. The molecule has 1 amide bonds. The fraction of sp³-hybridized carbons (Fsp3) is 0.250. The highest BCUT2D eigenvalue weighted by Gasteiger charge is 2.22. The number of nitrogens with zero attached hydrogens (tertiary/aromatic N) is 8. The lowest BCUT2D eigenvalue weighted by Gasteiger charge is -2.04. The topological polar surface area (TPSA) is 139 Å². The van der Waals surface area contributed by atoms with E-state index in [1.807, 2.05) is 31.2 Å². The molecule has 32 heavy (non-hydrogen) atoms. The molecule has 1 aromatic carbocycles. The molecule has 3 aromatic heterocycles. The monoisotopic (exact) mass is 435 g/mol. The number of amides is 1. The van der Waals surface area contributed by atoms with Gasteiger partial charge in [-0.05, 0) is 38.0 Å². The summed E-state index contributed by atoms with van der Waals surface area (Å²) in [5.74, 6) is -0.288. The molecule has 0 saturated carbocycles. The summed E-state index contributed by atoms with van der Waals surface area (Å²) in [4.78, 5) is 27.4. The van der Waals surface area contributed by atoms with Crippen LogP contribution in [-0.2, 0) is 13.2 Å². The van der Waals surface area contributed by atoms with Crippen molar-refractivity contribution in [2.45, 2.75) is 34.0 Å². The molecule has 4 aromatic rings. The first kappa shape index (κ1) is 20.9. The predicted octanol–water partition coefficient (Wildman–Crippen LogP) is 2.31. The molecule has 0 bridgehead atoms. The van der Waals surface area contributed by atoms with Crippen molar-refractivity contribution in [2.75, 3.05) is 5.32 Å². The van der Waals surface area contributed by atoms with Gasteiger partial charge in [0.2, 0.25) is 5.95 Å². The first-order valence-electron chi connectivity index (χ1n) is 9.79. The minimum Gasteiger partial charge on any atom is -0.288 e. The van der Waals surface area contributed by atoms with Gasteiger partial charge >= 0.3 is 5.69 Å². The second-order valence-electron chi connectivity index (χ2n) is 7.30. The van der Waals surface area contributed by atoms with Crippen LogP contribution in [0.1, 0.15) is 33.0 Å². The van der Waals surface area contributed by atoms with Crippen molar-refractivity contribution in [1.82, 2.24) is 34.3 Å². The van der Waals surface area contributed by atoms with E-state index >= 15 is 0 Å². The molecule has 12 heteroatoms. The highest BCUT2D eigenvalue weighted by molar-refractivity contribution is 6.01. The highest BCUT2D eigenvalue weighted by atomic mass is 16.6. The number of carbonyl (C=O) groups excluding carboxylic acids is 1. The van der Waals surface area contributed by atoms with E-state index in [1.54, 1.807) is 37.1 Å². The van der Waals surface area contributed by atoms with Gasteiger partial charge in [0, 0.05) is 6.20 Å². The molecule has 0 aliphatic carbocycles. The normalized spacial score (nSPS) is 11.0. The molecule has 0 fully saturated rings. The van der Waals surface area contributed by atoms with Crippen LogP contribution in [0.2, 0.25) is 0 Å². The van der Waals surface area contributed by atoms with Gasteiger partial charge < -0.3 is 0 Å². The van der Waals surface area contributed by atoms with Crippen LogP contribution in [-0.4, -0.2) is 45.2 Å². The van der Waals surface area contributed by atoms with Gasteiger partial charge in [-0.15, -0.1) is 5.10 Å². The molecule has 0 spiro atoms. The number of aromatic nitrogens is 7. The van der Waals surface area contributed by atoms with Crippen molar-refractivity contribution >= 4 is 17.5 Å². The lowest BCUT2D eigenvalue weighted by molar-refractivity contribution is -0.386. The van der Waals surface area contributed by atoms with Gasteiger partial charge in [0.25, 0.3) is 5.91 Å². The number of nitro groups is 1. The zero-order valence-corrected chi connectivity index (χ0v) is 17.8. The first-order chi connectivity index (χ1) is 15.3. The lowest BCUT2D eigenvalue weighted by Crippen LogP contribution is -2.16. The number of anilines is 1. The van der Waals surface area contributed by atoms with E-state index in [9.17, 15) is 14.9 Å². The van der Waals surface area contributed by atoms with Gasteiger partial charge in [-0.1, -0.05) is 24.3 Å². The Hall–Kier alpha value is -4.35. The van der Waals surface area contributed by atoms with Crippen molar-refractivity contribution in [1.29, 1.82) is 0 Å². The molecule has 4 rings (SSSR count). The molecule has 0 saturated heterocycles. The van der Waals surface area contributed by atoms with Crippen LogP contribution < -0.4 is 5.32 Å². The van der Waals surface area contributed by atoms with E-state index in [1.165, 1.54) is 9.36 Å². The van der Waals surface area contributed by atoms with E-state index in [0.29, 0.717) is 17.9 Å². The summed E-state index contributed by atoms with van der Waals surface area (Å²) in [6.07, 6.45) is 3.15. The maximum Gasteiger partial charge on any atom is 0.312 e. The fourth-order valence-corrected chi connectivity index (χ4v) is 3.34. The van der Waals surface area contributed by atoms with Crippen LogP contribution in [0, 0.1) is 30.9 Å². The summed E-state index contributed by atoms with van der Waals surface area (Å²) in [5.41, 5.74) is 3.13. The Kier molecular flexibility index (Phi) is 5.50. The van der Waals surface area contributed by atoms with Gasteiger partial charge in [0.15, 0.2) is 5.69 Å². The minimum absolute atomic E-state index is 0.0255. The molecule has 12 nitrogen and oxygen atoms in total. The number of benzene rings is 1. The zero-order chi connectivity index (χ0) is 22.8. The third kappa shape index (κ3) is 4.24. The number of aryl methyl sites for hydroxylation is 2. The number of hydrogen-bond donors (Lipinski definition) is 1. The summed E-state index contributed by atoms with van der Waals surface area (Å²) >= 11 is 0. The van der Waals surface area contributed by atoms with E-state index in [2.05, 4.69) is 25.6 Å². The molecule has 0 radical (unpaired) electrons. The van der Waals surface area contributed by atoms with E-state index in [0.717, 1.165) is 11.1 Å². The molecule has 0 aliphatic rings. The SMILES string of the molecule is Cc1ccccc1Cn1cnc(NC(=O)c2ccn(Cn3nc(C)c([N+](=O)[O-])c3C)n2)n1. The Morgan fingerprint density at radius 3 is 2.59 bits per heavy atom. The minimum atomic E-state index is -0.461. The molecule has 0 atom stereocenters. The van der Waals surface area contributed by atoms with Crippen molar-refractivity contribution in [3.05, 3.63) is 81.2 Å². The number of carbonyl (C=O) groups is 1. The average Bonchev–Trinajstić information content (AvgIpc) is 3.44. The van der Waals surface area contributed by atoms with Gasteiger partial charge in [-0.2, -0.15) is 10.2 Å². The summed E-state index contributed by atoms with van der Waals surface area (Å²) in [6, 6.07) is 9.51. The molecule has 0 unspecified atom stereocenters. The van der Waals surface area contributed by atoms with Gasteiger partial charge in [0.05, 0.1) is 11.5 Å². The van der Waals surface area contributed by atoms with Gasteiger partial charge in [-0.3, -0.25) is 24.9 Å². The van der Waals surface area contributed by atoms with Crippen molar-refractivity contribution in [3.8, 4) is 0 Å². The molecule has 164 valence electrons. The number of nitrogens with one attached hydrogen (secondary N) is 1. The van der Waals surface area contributed by atoms with Crippen molar-refractivity contribution in [3.63, 3.8) is 0 Å². The van der Waals surface area contributed by atoms with Crippen LogP contribution >= 0.6 is 0 Å². The number of rotatable bonds is 7. The molecular weight excluding hydrogens is 414 g/mol. The van der Waals surface area contributed by atoms with Gasteiger partial charge in [0.1, 0.15) is 24.4 Å². The second kappa shape index (κ2) is 8.41. The smallest absolute Gasteiger partial charge is 0.288 e. The Labute approximate surface area is 182 Å². The maximum absolute atomic E-state index is 12.5. The van der Waals surface area contributed by atoms with E-state index in [4.69, 9.17) is 0 Å². The Morgan fingerprint density at radius 2 is 1.88 bits per heavy atom. The van der Waals surface area contributed by atoms with Crippen LogP contribution in [0.5, 0.6) is 0 Å². The molecule has 3 heterocycles. The second-order valence-corrected chi connectivity index (χ2v) is 7.30. The Bertz CT molecular complexity index is 1300. The van der Waals surface area contributed by atoms with Crippen molar-refractivity contribution < 1.29 is 9.72 Å². The molecule has 0 aliphatic heterocycles. The quantitative estimate of drug-likeness (QED) is 0.347. The molecular formula is C20H21N9O3. The Morgan fingerprint density at radius 1 is 1.09 bits per heavy atom. The number of hydrogen-bond acceptors (Lipinski definition) is 7. The lowest BCUT2D eigenvalue weighted by atomic mass is 10.1. The average molecular weight is 435 g/mol. The van der Waals surface area contributed by atoms with E-state index in [-0.39, 0.29) is 24.0 Å². The zero-order valence-electron chi connectivity index (χ0n) is 17.8. The first-order valence-corrected chi connectivity index (χ1v) is 9.79. The standard InChI is InChI=1S/C20H21N9O3/c1-13-6-4-5-7-16(13)10-27-11-21-20(25-27)22-19(30)17-8-9-26(24-17)12-28-15(3)18(29(31)32)14(2)23-28/h4-9,11H,10,12H2,1-3H3,(H,22,25,30). The summed E-state index contributed by atoms with van der Waals surface area (Å²) in [7, 11) is 0. The maximum atomic E-state index is 12.5. The van der Waals surface area contributed by atoms with Crippen molar-refractivity contribution in [2.24, 2.45) is 0 Å². The molecule has 1 N–H and O–H groups in total. The van der Waals surface area contributed by atoms with Gasteiger partial charge in [-0.25, -0.2) is 14.3 Å². The van der Waals surface area contributed by atoms with Crippen LogP contribution in [0.15, 0.2) is 42.9 Å². The van der Waals surface area contributed by atoms with Crippen LogP contribution in [0.4, 0.5) is 11.6 Å².